The Kier molecular flexibility index (Phi) is 4.74. The number of halogens is 3. The lowest BCUT2D eigenvalue weighted by molar-refractivity contribution is -0.183. The summed E-state index contributed by atoms with van der Waals surface area (Å²) in [5, 5.41) is 4.36. The fourth-order valence-corrected chi connectivity index (χ4v) is 3.96. The minimum atomic E-state index is -4.05. The minimum Gasteiger partial charge on any atom is -0.307 e. The molecule has 0 spiro atoms. The lowest BCUT2D eigenvalue weighted by Crippen LogP contribution is -2.39. The molecule has 6 heteroatoms. The van der Waals surface area contributed by atoms with Gasteiger partial charge in [-0.05, 0) is 40.0 Å². The highest BCUT2D eigenvalue weighted by atomic mass is 32.1. The minimum absolute atomic E-state index is 0.0489. The molecule has 1 N–H and O–H groups in total. The second kappa shape index (κ2) is 6.02. The van der Waals surface area contributed by atoms with E-state index in [0.717, 1.165) is 22.0 Å². The molecule has 1 aliphatic carbocycles. The summed E-state index contributed by atoms with van der Waals surface area (Å²) in [4.78, 5) is 5.51. The molecule has 0 radical (unpaired) electrons. The lowest BCUT2D eigenvalue weighted by Gasteiger charge is -2.32. The molecule has 0 aromatic carbocycles. The van der Waals surface area contributed by atoms with E-state index >= 15 is 0 Å². The third kappa shape index (κ3) is 3.73. The highest BCUT2D eigenvalue weighted by Gasteiger charge is 2.42. The van der Waals surface area contributed by atoms with E-state index in [1.807, 2.05) is 20.8 Å². The van der Waals surface area contributed by atoms with Crippen molar-refractivity contribution in [1.29, 1.82) is 0 Å². The summed E-state index contributed by atoms with van der Waals surface area (Å²) in [6.07, 6.45) is -2.11. The van der Waals surface area contributed by atoms with E-state index in [-0.39, 0.29) is 24.9 Å². The van der Waals surface area contributed by atoms with Gasteiger partial charge >= 0.3 is 6.18 Å². The number of nitrogens with zero attached hydrogens (tertiary/aromatic N) is 1. The number of thiazole rings is 1. The third-order valence-corrected chi connectivity index (χ3v) is 5.21. The van der Waals surface area contributed by atoms with E-state index in [4.69, 9.17) is 0 Å². The van der Waals surface area contributed by atoms with E-state index in [1.165, 1.54) is 0 Å². The number of hydrogen-bond donors (Lipinski definition) is 1. The van der Waals surface area contributed by atoms with Gasteiger partial charge in [-0.1, -0.05) is 6.42 Å². The van der Waals surface area contributed by atoms with Gasteiger partial charge in [0.15, 0.2) is 0 Å². The number of aryl methyl sites for hydroxylation is 2. The smallest absolute Gasteiger partial charge is 0.307 e. The van der Waals surface area contributed by atoms with Crippen LogP contribution in [0.1, 0.15) is 54.2 Å². The van der Waals surface area contributed by atoms with Crippen LogP contribution in [0.5, 0.6) is 0 Å². The predicted octanol–water partition coefficient (Wildman–Crippen LogP) is 4.53. The molecule has 1 aromatic rings. The second-order valence-corrected chi connectivity index (χ2v) is 6.91. The Morgan fingerprint density at radius 2 is 2.00 bits per heavy atom. The molecule has 1 aliphatic rings. The first-order valence-corrected chi connectivity index (χ1v) is 7.85. The third-order valence-electron chi connectivity index (χ3n) is 3.96. The number of nitrogens with one attached hydrogen (secondary N) is 1. The van der Waals surface area contributed by atoms with Crippen LogP contribution in [0, 0.1) is 19.8 Å². The molecule has 2 nitrogen and oxygen atoms in total. The predicted molar refractivity (Wildman–Crippen MR) is 74.9 cm³/mol. The molecule has 0 saturated heterocycles. The van der Waals surface area contributed by atoms with Crippen molar-refractivity contribution < 1.29 is 13.2 Å². The van der Waals surface area contributed by atoms with Gasteiger partial charge in [-0.25, -0.2) is 4.98 Å². The van der Waals surface area contributed by atoms with Crippen molar-refractivity contribution in [3.05, 3.63) is 15.6 Å². The topological polar surface area (TPSA) is 24.9 Å². The highest BCUT2D eigenvalue weighted by molar-refractivity contribution is 7.11. The first-order valence-electron chi connectivity index (χ1n) is 7.04. The molecule has 0 aliphatic heterocycles. The summed E-state index contributed by atoms with van der Waals surface area (Å²) < 4.78 is 38.4. The monoisotopic (exact) mass is 306 g/mol. The van der Waals surface area contributed by atoms with Crippen LogP contribution in [0.4, 0.5) is 13.2 Å². The first-order chi connectivity index (χ1) is 9.27. The van der Waals surface area contributed by atoms with Crippen molar-refractivity contribution in [2.45, 2.75) is 64.7 Å². The molecule has 0 bridgehead atoms. The normalized spacial score (nSPS) is 25.7. The standard InChI is InChI=1S/C14H21F3N2S/c1-8-13(20-10(3)18-8)9(2)19-12-6-4-5-11(7-12)14(15,16)17/h9,11-12,19H,4-7H2,1-3H3. The van der Waals surface area contributed by atoms with Crippen LogP contribution in [0.25, 0.3) is 0 Å². The van der Waals surface area contributed by atoms with E-state index < -0.39 is 12.1 Å². The SMILES string of the molecule is Cc1nc(C)c(C(C)NC2CCCC(C(F)(F)F)C2)s1. The van der Waals surface area contributed by atoms with Crippen molar-refractivity contribution in [2.75, 3.05) is 0 Å². The maximum atomic E-state index is 12.8. The van der Waals surface area contributed by atoms with Gasteiger partial charge in [0.1, 0.15) is 0 Å². The van der Waals surface area contributed by atoms with Crippen molar-refractivity contribution >= 4 is 11.3 Å². The molecular formula is C14H21F3N2S. The molecule has 1 heterocycles. The average Bonchev–Trinajstić information content (AvgIpc) is 2.68. The Balaban J connectivity index is 1.97. The summed E-state index contributed by atoms with van der Waals surface area (Å²) in [6, 6.07) is 0.0189. The van der Waals surface area contributed by atoms with E-state index in [2.05, 4.69) is 10.3 Å². The summed E-state index contributed by atoms with van der Waals surface area (Å²) in [5.41, 5.74) is 0.982. The quantitative estimate of drug-likeness (QED) is 0.887. The fraction of sp³-hybridized carbons (Fsp3) is 0.786. The maximum absolute atomic E-state index is 12.8. The van der Waals surface area contributed by atoms with Gasteiger partial charge in [0.05, 0.1) is 16.6 Å². The van der Waals surface area contributed by atoms with Gasteiger partial charge < -0.3 is 5.32 Å². The van der Waals surface area contributed by atoms with Crippen molar-refractivity contribution in [1.82, 2.24) is 10.3 Å². The molecule has 1 fully saturated rings. The molecule has 2 rings (SSSR count). The summed E-state index contributed by atoms with van der Waals surface area (Å²) in [7, 11) is 0. The van der Waals surface area contributed by atoms with E-state index in [0.29, 0.717) is 6.42 Å². The average molecular weight is 306 g/mol. The molecule has 1 aromatic heterocycles. The van der Waals surface area contributed by atoms with Crippen LogP contribution in [0.15, 0.2) is 0 Å². The van der Waals surface area contributed by atoms with Crippen LogP contribution >= 0.6 is 11.3 Å². The Labute approximate surface area is 121 Å². The van der Waals surface area contributed by atoms with Crippen LogP contribution < -0.4 is 5.32 Å². The van der Waals surface area contributed by atoms with E-state index in [9.17, 15) is 13.2 Å². The first kappa shape index (κ1) is 15.8. The Bertz CT molecular complexity index is 456. The van der Waals surface area contributed by atoms with Crippen LogP contribution in [0.3, 0.4) is 0 Å². The molecule has 114 valence electrons. The van der Waals surface area contributed by atoms with Crippen molar-refractivity contribution in [3.63, 3.8) is 0 Å². The van der Waals surface area contributed by atoms with Crippen LogP contribution in [0.2, 0.25) is 0 Å². The van der Waals surface area contributed by atoms with Gasteiger partial charge in [-0.3, -0.25) is 0 Å². The van der Waals surface area contributed by atoms with Crippen molar-refractivity contribution in [3.8, 4) is 0 Å². The van der Waals surface area contributed by atoms with Gasteiger partial charge in [0.2, 0.25) is 0 Å². The Hall–Kier alpha value is -0.620. The second-order valence-electron chi connectivity index (χ2n) is 5.67. The molecular weight excluding hydrogens is 285 g/mol. The Morgan fingerprint density at radius 3 is 2.55 bits per heavy atom. The molecule has 3 atom stereocenters. The number of hydrogen-bond acceptors (Lipinski definition) is 3. The van der Waals surface area contributed by atoms with Crippen LogP contribution in [-0.2, 0) is 0 Å². The number of rotatable bonds is 3. The molecule has 0 amide bonds. The molecule has 3 unspecified atom stereocenters. The highest BCUT2D eigenvalue weighted by Crippen LogP contribution is 2.38. The largest absolute Gasteiger partial charge is 0.391 e. The summed E-state index contributed by atoms with van der Waals surface area (Å²) >= 11 is 1.62. The zero-order chi connectivity index (χ0) is 14.9. The van der Waals surface area contributed by atoms with Gasteiger partial charge in [-0.2, -0.15) is 13.2 Å². The van der Waals surface area contributed by atoms with Gasteiger partial charge in [-0.15, -0.1) is 11.3 Å². The number of alkyl halides is 3. The zero-order valence-electron chi connectivity index (χ0n) is 12.0. The fourth-order valence-electron chi connectivity index (χ4n) is 3.02. The lowest BCUT2D eigenvalue weighted by atomic mass is 9.85. The molecule has 1 saturated carbocycles. The maximum Gasteiger partial charge on any atom is 0.391 e. The Morgan fingerprint density at radius 1 is 1.30 bits per heavy atom. The summed E-state index contributed by atoms with van der Waals surface area (Å²) in [6.45, 7) is 5.92. The van der Waals surface area contributed by atoms with Crippen LogP contribution in [-0.4, -0.2) is 17.2 Å². The molecule has 20 heavy (non-hydrogen) atoms. The van der Waals surface area contributed by atoms with Crippen molar-refractivity contribution in [2.24, 2.45) is 5.92 Å². The summed E-state index contributed by atoms with van der Waals surface area (Å²) in [5.74, 6) is -1.15. The van der Waals surface area contributed by atoms with E-state index in [1.54, 1.807) is 11.3 Å². The zero-order valence-corrected chi connectivity index (χ0v) is 12.9. The van der Waals surface area contributed by atoms with Gasteiger partial charge in [0, 0.05) is 17.0 Å². The number of aromatic nitrogens is 1. The van der Waals surface area contributed by atoms with Gasteiger partial charge in [0.25, 0.3) is 0 Å².